The third-order valence-corrected chi connectivity index (χ3v) is 6.09. The topological polar surface area (TPSA) is 60.9 Å². The van der Waals surface area contributed by atoms with Gasteiger partial charge >= 0.3 is 0 Å². The molecule has 1 heterocycles. The van der Waals surface area contributed by atoms with Crippen LogP contribution in [0.1, 0.15) is 13.3 Å². The highest BCUT2D eigenvalue weighted by atomic mass is 32.2. The van der Waals surface area contributed by atoms with Crippen molar-refractivity contribution in [1.29, 1.82) is 0 Å². The molecule has 0 aliphatic carbocycles. The summed E-state index contributed by atoms with van der Waals surface area (Å²) in [7, 11) is -3.19. The summed E-state index contributed by atoms with van der Waals surface area (Å²) in [6.45, 7) is 6.36. The van der Waals surface area contributed by atoms with Crippen LogP contribution in [0.4, 0.5) is 0 Å². The summed E-state index contributed by atoms with van der Waals surface area (Å²) >= 11 is 0. The van der Waals surface area contributed by atoms with Crippen LogP contribution in [0.2, 0.25) is 0 Å². The number of sulfone groups is 1. The number of aliphatic hydroxyl groups excluding tert-OH is 1. The van der Waals surface area contributed by atoms with E-state index < -0.39 is 9.84 Å². The normalized spacial score (nSPS) is 19.2. The van der Waals surface area contributed by atoms with E-state index in [1.165, 1.54) is 0 Å². The van der Waals surface area contributed by atoms with E-state index in [1.54, 1.807) is 24.3 Å². The molecule has 5 nitrogen and oxygen atoms in total. The average molecular weight is 326 g/mol. The number of benzene rings is 1. The quantitative estimate of drug-likeness (QED) is 0.805. The van der Waals surface area contributed by atoms with E-state index in [4.69, 9.17) is 0 Å². The fourth-order valence-electron chi connectivity index (χ4n) is 2.85. The Labute approximate surface area is 133 Å². The minimum Gasteiger partial charge on any atom is -0.395 e. The van der Waals surface area contributed by atoms with E-state index in [2.05, 4.69) is 16.7 Å². The molecule has 0 amide bonds. The molecule has 1 unspecified atom stereocenters. The molecule has 0 aromatic heterocycles. The summed E-state index contributed by atoms with van der Waals surface area (Å²) in [4.78, 5) is 4.89. The van der Waals surface area contributed by atoms with Crippen LogP contribution in [0.25, 0.3) is 0 Å². The largest absolute Gasteiger partial charge is 0.395 e. The average Bonchev–Trinajstić information content (AvgIpc) is 2.56. The van der Waals surface area contributed by atoms with Gasteiger partial charge in [0.25, 0.3) is 0 Å². The molecule has 124 valence electrons. The molecule has 2 rings (SSSR count). The number of hydrogen-bond acceptors (Lipinski definition) is 5. The first kappa shape index (κ1) is 17.4. The molecular formula is C16H26N2O3S. The van der Waals surface area contributed by atoms with Gasteiger partial charge in [0.2, 0.25) is 0 Å². The highest BCUT2D eigenvalue weighted by molar-refractivity contribution is 7.91. The predicted molar refractivity (Wildman–Crippen MR) is 87.7 cm³/mol. The number of piperazine rings is 1. The van der Waals surface area contributed by atoms with Crippen LogP contribution in [-0.2, 0) is 9.84 Å². The Morgan fingerprint density at radius 3 is 2.32 bits per heavy atom. The van der Waals surface area contributed by atoms with E-state index in [9.17, 15) is 13.5 Å². The Kier molecular flexibility index (Phi) is 6.37. The maximum Gasteiger partial charge on any atom is 0.179 e. The highest BCUT2D eigenvalue weighted by Gasteiger charge is 2.23. The molecular weight excluding hydrogens is 300 g/mol. The van der Waals surface area contributed by atoms with Gasteiger partial charge in [0.1, 0.15) is 0 Å². The standard InChI is InChI=1S/C16H26N2O3S/c1-2-15(14-19)18-10-8-17(9-11-18)12-13-22(20,21)16-6-4-3-5-7-16/h3-7,15,19H,2,8-14H2,1H3. The van der Waals surface area contributed by atoms with E-state index >= 15 is 0 Å². The number of nitrogens with zero attached hydrogens (tertiary/aromatic N) is 2. The van der Waals surface area contributed by atoms with Crippen LogP contribution >= 0.6 is 0 Å². The maximum atomic E-state index is 12.3. The Morgan fingerprint density at radius 1 is 1.14 bits per heavy atom. The third kappa shape index (κ3) is 4.52. The van der Waals surface area contributed by atoms with Gasteiger partial charge in [0.15, 0.2) is 9.84 Å². The number of aliphatic hydroxyl groups is 1. The van der Waals surface area contributed by atoms with Crippen LogP contribution in [0, 0.1) is 0 Å². The summed E-state index contributed by atoms with van der Waals surface area (Å²) in [5, 5.41) is 9.35. The zero-order valence-electron chi connectivity index (χ0n) is 13.2. The summed E-state index contributed by atoms with van der Waals surface area (Å²) in [5.74, 6) is 0.161. The predicted octanol–water partition coefficient (Wildman–Crippen LogP) is 0.849. The van der Waals surface area contributed by atoms with Crippen molar-refractivity contribution in [2.75, 3.05) is 45.1 Å². The summed E-state index contributed by atoms with van der Waals surface area (Å²) in [6, 6.07) is 8.87. The van der Waals surface area contributed by atoms with Crippen LogP contribution < -0.4 is 0 Å². The van der Waals surface area contributed by atoms with Crippen LogP contribution in [0.15, 0.2) is 35.2 Å². The van der Waals surface area contributed by atoms with E-state index in [0.29, 0.717) is 11.4 Å². The molecule has 6 heteroatoms. The van der Waals surface area contributed by atoms with Gasteiger partial charge in [0.05, 0.1) is 17.3 Å². The van der Waals surface area contributed by atoms with Crippen LogP contribution in [0.5, 0.6) is 0 Å². The zero-order chi connectivity index (χ0) is 16.0. The molecule has 1 N–H and O–H groups in total. The Balaban J connectivity index is 1.82. The van der Waals surface area contributed by atoms with Crippen molar-refractivity contribution in [3.05, 3.63) is 30.3 Å². The van der Waals surface area contributed by atoms with Crippen molar-refractivity contribution >= 4 is 9.84 Å². The molecule has 1 aromatic rings. The maximum absolute atomic E-state index is 12.3. The van der Waals surface area contributed by atoms with Gasteiger partial charge in [-0.2, -0.15) is 0 Å². The molecule has 22 heavy (non-hydrogen) atoms. The van der Waals surface area contributed by atoms with E-state index in [0.717, 1.165) is 32.6 Å². The lowest BCUT2D eigenvalue weighted by atomic mass is 10.1. The summed E-state index contributed by atoms with van der Waals surface area (Å²) < 4.78 is 24.5. The second-order valence-corrected chi connectivity index (χ2v) is 7.86. The highest BCUT2D eigenvalue weighted by Crippen LogP contribution is 2.12. The van der Waals surface area contributed by atoms with E-state index in [-0.39, 0.29) is 18.4 Å². The molecule has 0 spiro atoms. The minimum absolute atomic E-state index is 0.161. The SMILES string of the molecule is CCC(CO)N1CCN(CCS(=O)(=O)c2ccccc2)CC1. The third-order valence-electron chi connectivity index (χ3n) is 4.38. The first-order chi connectivity index (χ1) is 10.6. The molecule has 0 saturated carbocycles. The molecule has 0 radical (unpaired) electrons. The smallest absolute Gasteiger partial charge is 0.179 e. The second-order valence-electron chi connectivity index (χ2n) is 5.75. The lowest BCUT2D eigenvalue weighted by Gasteiger charge is -2.38. The van der Waals surface area contributed by atoms with Crippen LogP contribution in [0.3, 0.4) is 0 Å². The Morgan fingerprint density at radius 2 is 1.77 bits per heavy atom. The van der Waals surface area contributed by atoms with Crippen molar-refractivity contribution in [3.63, 3.8) is 0 Å². The van der Waals surface area contributed by atoms with Gasteiger partial charge in [0, 0.05) is 38.8 Å². The Hall–Kier alpha value is -0.950. The van der Waals surface area contributed by atoms with E-state index in [1.807, 2.05) is 6.07 Å². The zero-order valence-corrected chi connectivity index (χ0v) is 14.0. The van der Waals surface area contributed by atoms with Gasteiger partial charge in [-0.3, -0.25) is 9.80 Å². The molecule has 1 saturated heterocycles. The molecule has 1 aromatic carbocycles. The fourth-order valence-corrected chi connectivity index (χ4v) is 4.16. The van der Waals surface area contributed by atoms with Crippen molar-refractivity contribution in [3.8, 4) is 0 Å². The second kappa shape index (κ2) is 8.06. The molecule has 0 bridgehead atoms. The number of hydrogen-bond donors (Lipinski definition) is 1. The summed E-state index contributed by atoms with van der Waals surface area (Å²) in [6.07, 6.45) is 0.943. The van der Waals surface area contributed by atoms with Gasteiger partial charge in [-0.25, -0.2) is 8.42 Å². The van der Waals surface area contributed by atoms with Crippen molar-refractivity contribution in [2.45, 2.75) is 24.3 Å². The molecule has 1 fully saturated rings. The summed E-state index contributed by atoms with van der Waals surface area (Å²) in [5.41, 5.74) is 0. The van der Waals surface area contributed by atoms with Crippen molar-refractivity contribution < 1.29 is 13.5 Å². The fraction of sp³-hybridized carbons (Fsp3) is 0.625. The lowest BCUT2D eigenvalue weighted by Crippen LogP contribution is -2.51. The number of rotatable bonds is 7. The van der Waals surface area contributed by atoms with Crippen LogP contribution in [-0.4, -0.2) is 74.4 Å². The Bertz CT molecular complexity index is 536. The molecule has 1 aliphatic heterocycles. The van der Waals surface area contributed by atoms with Gasteiger partial charge in [-0.15, -0.1) is 0 Å². The minimum atomic E-state index is -3.19. The first-order valence-electron chi connectivity index (χ1n) is 7.92. The molecule has 1 atom stereocenters. The lowest BCUT2D eigenvalue weighted by molar-refractivity contribution is 0.0660. The van der Waals surface area contributed by atoms with Gasteiger partial charge in [-0.1, -0.05) is 25.1 Å². The molecule has 1 aliphatic rings. The van der Waals surface area contributed by atoms with Crippen molar-refractivity contribution in [2.24, 2.45) is 0 Å². The van der Waals surface area contributed by atoms with Gasteiger partial charge in [-0.05, 0) is 18.6 Å². The van der Waals surface area contributed by atoms with Crippen molar-refractivity contribution in [1.82, 2.24) is 9.80 Å². The van der Waals surface area contributed by atoms with Gasteiger partial charge < -0.3 is 5.11 Å². The monoisotopic (exact) mass is 326 g/mol. The first-order valence-corrected chi connectivity index (χ1v) is 9.57.